The van der Waals surface area contributed by atoms with Gasteiger partial charge in [0.25, 0.3) is 5.91 Å². The van der Waals surface area contributed by atoms with Gasteiger partial charge in [-0.2, -0.15) is 0 Å². The van der Waals surface area contributed by atoms with Gasteiger partial charge >= 0.3 is 6.09 Å². The SMILES string of the molecule is CC(C)(C)OC(=O)N1CCC2(CC1)N=C(c1cccc(Cl)c1)C(=O)N2. The van der Waals surface area contributed by atoms with E-state index >= 15 is 0 Å². The highest BCUT2D eigenvalue weighted by molar-refractivity contribution is 6.47. The van der Waals surface area contributed by atoms with E-state index in [0.29, 0.717) is 42.2 Å². The molecule has 25 heavy (non-hydrogen) atoms. The summed E-state index contributed by atoms with van der Waals surface area (Å²) in [5.74, 6) is -0.201. The first kappa shape index (κ1) is 17.7. The number of benzene rings is 1. The van der Waals surface area contributed by atoms with E-state index in [0.717, 1.165) is 0 Å². The number of hydrogen-bond donors (Lipinski definition) is 1. The minimum absolute atomic E-state index is 0.201. The number of likely N-dealkylation sites (tertiary alicyclic amines) is 1. The molecule has 2 aliphatic rings. The van der Waals surface area contributed by atoms with Crippen LogP contribution in [0, 0.1) is 0 Å². The topological polar surface area (TPSA) is 71.0 Å². The fourth-order valence-electron chi connectivity index (χ4n) is 3.02. The molecule has 0 bridgehead atoms. The van der Waals surface area contributed by atoms with Gasteiger partial charge in [0.05, 0.1) is 0 Å². The van der Waals surface area contributed by atoms with Gasteiger partial charge < -0.3 is 15.0 Å². The molecule has 7 heteroatoms. The summed E-state index contributed by atoms with van der Waals surface area (Å²) in [7, 11) is 0. The molecule has 2 heterocycles. The van der Waals surface area contributed by atoms with E-state index in [9.17, 15) is 9.59 Å². The molecule has 3 rings (SSSR count). The van der Waals surface area contributed by atoms with Gasteiger partial charge in [-0.3, -0.25) is 9.79 Å². The number of piperidine rings is 1. The van der Waals surface area contributed by atoms with E-state index < -0.39 is 11.3 Å². The van der Waals surface area contributed by atoms with Crippen molar-refractivity contribution in [2.75, 3.05) is 13.1 Å². The third-order valence-corrected chi connectivity index (χ3v) is 4.46. The molecule has 1 N–H and O–H groups in total. The molecular weight excluding hydrogens is 342 g/mol. The van der Waals surface area contributed by atoms with Gasteiger partial charge in [0.15, 0.2) is 0 Å². The van der Waals surface area contributed by atoms with Crippen LogP contribution in [0.2, 0.25) is 5.02 Å². The van der Waals surface area contributed by atoms with Crippen molar-refractivity contribution in [2.45, 2.75) is 44.9 Å². The van der Waals surface area contributed by atoms with Crippen molar-refractivity contribution < 1.29 is 14.3 Å². The lowest BCUT2D eigenvalue weighted by atomic mass is 9.98. The summed E-state index contributed by atoms with van der Waals surface area (Å²) in [5, 5.41) is 3.54. The Bertz CT molecular complexity index is 731. The normalized spacial score (nSPS) is 19.6. The number of nitrogens with zero attached hydrogens (tertiary/aromatic N) is 2. The van der Waals surface area contributed by atoms with E-state index in [1.165, 1.54) is 0 Å². The number of amides is 2. The molecule has 2 amide bonds. The van der Waals surface area contributed by atoms with Gasteiger partial charge in [-0.1, -0.05) is 23.7 Å². The highest BCUT2D eigenvalue weighted by Crippen LogP contribution is 2.30. The Morgan fingerprint density at radius 1 is 1.32 bits per heavy atom. The zero-order valence-corrected chi connectivity index (χ0v) is 15.4. The van der Waals surface area contributed by atoms with E-state index in [1.807, 2.05) is 26.8 Å². The Balaban J connectivity index is 1.71. The number of carbonyl (C=O) groups excluding carboxylic acids is 2. The fourth-order valence-corrected chi connectivity index (χ4v) is 3.21. The van der Waals surface area contributed by atoms with Crippen LogP contribution in [0.5, 0.6) is 0 Å². The quantitative estimate of drug-likeness (QED) is 0.833. The van der Waals surface area contributed by atoms with Crippen molar-refractivity contribution in [3.63, 3.8) is 0 Å². The number of rotatable bonds is 1. The van der Waals surface area contributed by atoms with Crippen LogP contribution in [0.3, 0.4) is 0 Å². The molecule has 2 aliphatic heterocycles. The lowest BCUT2D eigenvalue weighted by molar-refractivity contribution is -0.115. The second-order valence-electron chi connectivity index (χ2n) is 7.42. The van der Waals surface area contributed by atoms with Crippen LogP contribution >= 0.6 is 11.6 Å². The van der Waals surface area contributed by atoms with Gasteiger partial charge in [-0.05, 0) is 32.9 Å². The highest BCUT2D eigenvalue weighted by atomic mass is 35.5. The lowest BCUT2D eigenvalue weighted by Crippen LogP contribution is -2.53. The Labute approximate surface area is 152 Å². The molecule has 0 unspecified atom stereocenters. The zero-order valence-electron chi connectivity index (χ0n) is 14.6. The summed E-state index contributed by atoms with van der Waals surface area (Å²) >= 11 is 6.01. The average Bonchev–Trinajstić information content (AvgIpc) is 2.82. The smallest absolute Gasteiger partial charge is 0.410 e. The molecule has 1 fully saturated rings. The molecule has 134 valence electrons. The Hall–Kier alpha value is -2.08. The Kier molecular flexibility index (Phi) is 4.49. The van der Waals surface area contributed by atoms with Crippen molar-refractivity contribution in [1.29, 1.82) is 0 Å². The van der Waals surface area contributed by atoms with Crippen LogP contribution in [0.25, 0.3) is 0 Å². The predicted octanol–water partition coefficient (Wildman–Crippen LogP) is 2.99. The first-order valence-corrected chi connectivity index (χ1v) is 8.72. The van der Waals surface area contributed by atoms with Crippen LogP contribution in [0.4, 0.5) is 4.79 Å². The third kappa shape index (κ3) is 3.95. The lowest BCUT2D eigenvalue weighted by Gasteiger charge is -2.37. The third-order valence-electron chi connectivity index (χ3n) is 4.23. The molecule has 0 saturated carbocycles. The van der Waals surface area contributed by atoms with E-state index in [4.69, 9.17) is 16.3 Å². The number of nitrogens with one attached hydrogen (secondary N) is 1. The summed E-state index contributed by atoms with van der Waals surface area (Å²) in [4.78, 5) is 30.9. The van der Waals surface area contributed by atoms with E-state index in [1.54, 1.807) is 23.1 Å². The second kappa shape index (κ2) is 6.33. The summed E-state index contributed by atoms with van der Waals surface area (Å²) < 4.78 is 5.40. The van der Waals surface area contributed by atoms with Crippen LogP contribution in [0.1, 0.15) is 39.2 Å². The number of carbonyl (C=O) groups is 2. The number of halogens is 1. The van der Waals surface area contributed by atoms with Crippen molar-refractivity contribution in [1.82, 2.24) is 10.2 Å². The molecule has 0 radical (unpaired) electrons. The minimum atomic E-state index is -0.646. The molecule has 6 nitrogen and oxygen atoms in total. The Morgan fingerprint density at radius 2 is 2.00 bits per heavy atom. The summed E-state index contributed by atoms with van der Waals surface area (Å²) in [5.41, 5.74) is -0.0662. The fraction of sp³-hybridized carbons (Fsp3) is 0.500. The van der Waals surface area contributed by atoms with Gasteiger partial charge in [0, 0.05) is 36.5 Å². The Morgan fingerprint density at radius 3 is 2.60 bits per heavy atom. The summed E-state index contributed by atoms with van der Waals surface area (Å²) in [6, 6.07) is 7.10. The minimum Gasteiger partial charge on any atom is -0.444 e. The van der Waals surface area contributed by atoms with Gasteiger partial charge in [0.2, 0.25) is 0 Å². The average molecular weight is 364 g/mol. The number of aliphatic imine (C=N–C) groups is 1. The maximum absolute atomic E-state index is 12.4. The molecular formula is C18H22ClN3O3. The maximum Gasteiger partial charge on any atom is 0.410 e. The molecule has 1 saturated heterocycles. The largest absolute Gasteiger partial charge is 0.444 e. The predicted molar refractivity (Wildman–Crippen MR) is 95.9 cm³/mol. The van der Waals surface area contributed by atoms with Crippen LogP contribution in [-0.4, -0.2) is 47.0 Å². The van der Waals surface area contributed by atoms with Gasteiger partial charge in [0.1, 0.15) is 17.0 Å². The first-order valence-electron chi connectivity index (χ1n) is 8.34. The standard InChI is InChI=1S/C18H22ClN3O3/c1-17(2,3)25-16(24)22-9-7-18(8-10-22)20-14(15(23)21-18)12-5-4-6-13(19)11-12/h4-6,11H,7-10H2,1-3H3,(H,21,23). The number of ether oxygens (including phenoxy) is 1. The van der Waals surface area contributed by atoms with E-state index in [2.05, 4.69) is 10.3 Å². The van der Waals surface area contributed by atoms with Crippen molar-refractivity contribution in [2.24, 2.45) is 4.99 Å². The summed E-state index contributed by atoms with van der Waals surface area (Å²) in [6.45, 7) is 6.50. The van der Waals surface area contributed by atoms with E-state index in [-0.39, 0.29) is 12.0 Å². The van der Waals surface area contributed by atoms with Crippen molar-refractivity contribution in [3.05, 3.63) is 34.9 Å². The van der Waals surface area contributed by atoms with Crippen LogP contribution in [-0.2, 0) is 9.53 Å². The highest BCUT2D eigenvalue weighted by Gasteiger charge is 2.43. The van der Waals surface area contributed by atoms with Gasteiger partial charge in [-0.15, -0.1) is 0 Å². The molecule has 0 atom stereocenters. The first-order chi connectivity index (χ1) is 11.7. The summed E-state index contributed by atoms with van der Waals surface area (Å²) in [6.07, 6.45) is 0.787. The molecule has 0 aromatic heterocycles. The van der Waals surface area contributed by atoms with Crippen molar-refractivity contribution >= 4 is 29.3 Å². The molecule has 1 aromatic rings. The monoisotopic (exact) mass is 363 g/mol. The van der Waals surface area contributed by atoms with Crippen molar-refractivity contribution in [3.8, 4) is 0 Å². The van der Waals surface area contributed by atoms with Crippen LogP contribution < -0.4 is 5.32 Å². The van der Waals surface area contributed by atoms with Crippen LogP contribution in [0.15, 0.2) is 29.3 Å². The zero-order chi connectivity index (χ0) is 18.2. The van der Waals surface area contributed by atoms with Gasteiger partial charge in [-0.25, -0.2) is 4.79 Å². The maximum atomic E-state index is 12.4. The molecule has 1 spiro atoms. The molecule has 0 aliphatic carbocycles. The molecule has 1 aromatic carbocycles. The second-order valence-corrected chi connectivity index (χ2v) is 7.86. The number of hydrogen-bond acceptors (Lipinski definition) is 4.